The molecule has 1 atom stereocenters. The number of nitrogens with zero attached hydrogens (tertiary/aromatic N) is 3. The summed E-state index contributed by atoms with van der Waals surface area (Å²) in [5.74, 6) is 0.147. The fourth-order valence-electron chi connectivity index (χ4n) is 5.24. The number of aromatic nitrogens is 3. The first-order valence-electron chi connectivity index (χ1n) is 11.4. The number of hydrogen-bond donors (Lipinski definition) is 2. The number of aryl methyl sites for hydroxylation is 2. The van der Waals surface area contributed by atoms with Crippen LogP contribution < -0.4 is 16.6 Å². The predicted molar refractivity (Wildman–Crippen MR) is 138 cm³/mol. The van der Waals surface area contributed by atoms with Crippen LogP contribution in [0.25, 0.3) is 27.8 Å². The van der Waals surface area contributed by atoms with Gasteiger partial charge in [-0.15, -0.1) is 0 Å². The molecule has 2 N–H and O–H groups in total. The molecule has 0 aliphatic carbocycles. The van der Waals surface area contributed by atoms with E-state index in [4.69, 9.17) is 0 Å². The van der Waals surface area contributed by atoms with Crippen molar-refractivity contribution >= 4 is 16.6 Å². The molecule has 3 heterocycles. The summed E-state index contributed by atoms with van der Waals surface area (Å²) >= 11 is 0. The van der Waals surface area contributed by atoms with Crippen LogP contribution in [0.1, 0.15) is 22.9 Å². The highest BCUT2D eigenvalue weighted by atomic mass is 16.3. The van der Waals surface area contributed by atoms with Crippen LogP contribution in [0.15, 0.2) is 82.4 Å². The Balaban J connectivity index is 1.88. The monoisotopic (exact) mass is 464 g/mol. The van der Waals surface area contributed by atoms with E-state index in [2.05, 4.69) is 16.0 Å². The van der Waals surface area contributed by atoms with Crippen LogP contribution in [-0.4, -0.2) is 18.8 Å². The molecule has 0 amide bonds. The van der Waals surface area contributed by atoms with E-state index in [-0.39, 0.29) is 17.0 Å². The maximum absolute atomic E-state index is 13.7. The van der Waals surface area contributed by atoms with Crippen molar-refractivity contribution in [1.82, 2.24) is 13.7 Å². The number of phenolic OH excluding ortho intramolecular Hbond substituents is 1. The molecule has 3 aromatic carbocycles. The molecule has 0 radical (unpaired) electrons. The Morgan fingerprint density at radius 3 is 2.43 bits per heavy atom. The molecular formula is C28H24N4O3. The lowest BCUT2D eigenvalue weighted by atomic mass is 9.99. The summed E-state index contributed by atoms with van der Waals surface area (Å²) in [7, 11) is 3.21. The average Bonchev–Trinajstić information content (AvgIpc) is 3.22. The summed E-state index contributed by atoms with van der Waals surface area (Å²) in [6, 6.07) is 22.6. The van der Waals surface area contributed by atoms with Gasteiger partial charge in [0.05, 0.1) is 39.7 Å². The van der Waals surface area contributed by atoms with Gasteiger partial charge in [-0.2, -0.15) is 0 Å². The zero-order chi connectivity index (χ0) is 24.4. The second kappa shape index (κ2) is 7.50. The largest absolute Gasteiger partial charge is 0.508 e. The van der Waals surface area contributed by atoms with E-state index in [0.29, 0.717) is 10.9 Å². The van der Waals surface area contributed by atoms with Crippen LogP contribution in [-0.2, 0) is 14.1 Å². The van der Waals surface area contributed by atoms with Crippen LogP contribution in [0.4, 0.5) is 5.69 Å². The third-order valence-electron chi connectivity index (χ3n) is 6.82. The molecular weight excluding hydrogens is 440 g/mol. The Morgan fingerprint density at radius 2 is 1.66 bits per heavy atom. The molecule has 1 unspecified atom stereocenters. The van der Waals surface area contributed by atoms with E-state index >= 15 is 0 Å². The van der Waals surface area contributed by atoms with E-state index < -0.39 is 6.04 Å². The standard InChI is InChI=1S/C28H24N4O3/c1-16-8-6-10-18(14-16)24-22-25(30(2)28(35)31(3)27(22)34)26-23(17-9-7-11-19(33)15-17)29-20-12-4-5-13-21(20)32(24)26/h4-15,23,29,33H,1-3H3. The lowest BCUT2D eigenvalue weighted by Crippen LogP contribution is -2.37. The topological polar surface area (TPSA) is 81.2 Å². The second-order valence-corrected chi connectivity index (χ2v) is 9.06. The van der Waals surface area contributed by atoms with Crippen molar-refractivity contribution in [2.24, 2.45) is 14.1 Å². The van der Waals surface area contributed by atoms with Crippen molar-refractivity contribution in [3.8, 4) is 22.7 Å². The Bertz CT molecular complexity index is 1770. The molecule has 35 heavy (non-hydrogen) atoms. The average molecular weight is 465 g/mol. The SMILES string of the molecule is Cc1cccc(-c2c3c(=O)n(C)c(=O)n(C)c3c3n2-c2ccccc2NC3c2cccc(O)c2)c1. The minimum atomic E-state index is -0.407. The van der Waals surface area contributed by atoms with Gasteiger partial charge in [0.1, 0.15) is 5.75 Å². The predicted octanol–water partition coefficient (Wildman–Crippen LogP) is 4.22. The first-order valence-corrected chi connectivity index (χ1v) is 11.4. The van der Waals surface area contributed by atoms with E-state index in [9.17, 15) is 14.7 Å². The maximum atomic E-state index is 13.7. The summed E-state index contributed by atoms with van der Waals surface area (Å²) < 4.78 is 4.81. The highest BCUT2D eigenvalue weighted by molar-refractivity contribution is 5.99. The van der Waals surface area contributed by atoms with Crippen molar-refractivity contribution in [2.45, 2.75) is 13.0 Å². The van der Waals surface area contributed by atoms with Gasteiger partial charge in [-0.1, -0.05) is 48.0 Å². The van der Waals surface area contributed by atoms with Gasteiger partial charge < -0.3 is 15.0 Å². The minimum Gasteiger partial charge on any atom is -0.508 e. The zero-order valence-corrected chi connectivity index (χ0v) is 19.6. The molecule has 0 saturated carbocycles. The molecule has 1 aliphatic heterocycles. The molecule has 7 nitrogen and oxygen atoms in total. The molecule has 1 aliphatic rings. The van der Waals surface area contributed by atoms with Crippen LogP contribution in [0.2, 0.25) is 0 Å². The Hall–Kier alpha value is -4.52. The summed E-state index contributed by atoms with van der Waals surface area (Å²) in [6.45, 7) is 2.02. The van der Waals surface area contributed by atoms with Gasteiger partial charge in [0.15, 0.2) is 0 Å². The summed E-state index contributed by atoms with van der Waals surface area (Å²) in [4.78, 5) is 26.8. The summed E-state index contributed by atoms with van der Waals surface area (Å²) in [5.41, 5.74) is 5.93. The minimum absolute atomic E-state index is 0.147. The van der Waals surface area contributed by atoms with E-state index in [0.717, 1.165) is 44.0 Å². The lowest BCUT2D eigenvalue weighted by Gasteiger charge is -2.31. The number of fused-ring (bicyclic) bond motifs is 5. The highest BCUT2D eigenvalue weighted by Crippen LogP contribution is 2.45. The number of hydrogen-bond acceptors (Lipinski definition) is 4. The van der Waals surface area contributed by atoms with Gasteiger partial charge in [-0.25, -0.2) is 4.79 Å². The van der Waals surface area contributed by atoms with Crippen LogP contribution in [0.5, 0.6) is 5.75 Å². The Kier molecular flexibility index (Phi) is 4.51. The van der Waals surface area contributed by atoms with E-state index in [1.165, 1.54) is 7.05 Å². The highest BCUT2D eigenvalue weighted by Gasteiger charge is 2.34. The first kappa shape index (κ1) is 21.0. The third-order valence-corrected chi connectivity index (χ3v) is 6.82. The van der Waals surface area contributed by atoms with Crippen LogP contribution in [0, 0.1) is 6.92 Å². The molecule has 0 spiro atoms. The molecule has 5 aromatic rings. The Morgan fingerprint density at radius 1 is 0.886 bits per heavy atom. The number of nitrogens with one attached hydrogen (secondary N) is 1. The quantitative estimate of drug-likeness (QED) is 0.410. The first-order chi connectivity index (χ1) is 16.9. The second-order valence-electron chi connectivity index (χ2n) is 9.06. The number of aromatic hydroxyl groups is 1. The van der Waals surface area contributed by atoms with Crippen molar-refractivity contribution in [1.29, 1.82) is 0 Å². The van der Waals surface area contributed by atoms with Gasteiger partial charge in [-0.05, 0) is 48.4 Å². The fourth-order valence-corrected chi connectivity index (χ4v) is 5.24. The Labute approximate surface area is 201 Å². The van der Waals surface area contributed by atoms with Crippen molar-refractivity contribution in [3.05, 3.63) is 110 Å². The van der Waals surface area contributed by atoms with E-state index in [1.54, 1.807) is 29.8 Å². The van der Waals surface area contributed by atoms with Gasteiger partial charge >= 0.3 is 5.69 Å². The summed E-state index contributed by atoms with van der Waals surface area (Å²) in [6.07, 6.45) is 0. The lowest BCUT2D eigenvalue weighted by molar-refractivity contribution is 0.474. The molecule has 0 fully saturated rings. The number of rotatable bonds is 2. The smallest absolute Gasteiger partial charge is 0.331 e. The molecule has 2 aromatic heterocycles. The normalized spacial score (nSPS) is 14.4. The van der Waals surface area contributed by atoms with E-state index in [1.807, 2.05) is 55.5 Å². The van der Waals surface area contributed by atoms with Gasteiger partial charge in [-0.3, -0.25) is 13.9 Å². The van der Waals surface area contributed by atoms with Gasteiger partial charge in [0.2, 0.25) is 0 Å². The number of para-hydroxylation sites is 2. The maximum Gasteiger partial charge on any atom is 0.331 e. The zero-order valence-electron chi connectivity index (χ0n) is 19.6. The number of benzene rings is 3. The third kappa shape index (κ3) is 2.98. The molecule has 6 rings (SSSR count). The van der Waals surface area contributed by atoms with Crippen LogP contribution in [0.3, 0.4) is 0 Å². The van der Waals surface area contributed by atoms with Gasteiger partial charge in [0, 0.05) is 14.1 Å². The number of phenols is 1. The van der Waals surface area contributed by atoms with Crippen LogP contribution >= 0.6 is 0 Å². The summed E-state index contributed by atoms with van der Waals surface area (Å²) in [5, 5.41) is 14.3. The number of anilines is 1. The molecule has 0 saturated heterocycles. The molecule has 0 bridgehead atoms. The fraction of sp³-hybridized carbons (Fsp3) is 0.143. The van der Waals surface area contributed by atoms with Gasteiger partial charge in [0.25, 0.3) is 5.56 Å². The van der Waals surface area contributed by atoms with Crippen molar-refractivity contribution in [3.63, 3.8) is 0 Å². The molecule has 174 valence electrons. The van der Waals surface area contributed by atoms with Crippen molar-refractivity contribution in [2.75, 3.05) is 5.32 Å². The molecule has 7 heteroatoms. The van der Waals surface area contributed by atoms with Crippen molar-refractivity contribution < 1.29 is 5.11 Å².